The maximum Gasteiger partial charge on any atom is 0.131 e. The van der Waals surface area contributed by atoms with Crippen molar-refractivity contribution in [3.8, 4) is 0 Å². The highest BCUT2D eigenvalue weighted by Gasteiger charge is 2.35. The predicted octanol–water partition coefficient (Wildman–Crippen LogP) is 2.66. The molecule has 0 aromatic carbocycles. The van der Waals surface area contributed by atoms with Crippen molar-refractivity contribution in [1.82, 2.24) is 15.1 Å². The number of hydrogen-bond donors (Lipinski definition) is 1. The van der Waals surface area contributed by atoms with Crippen LogP contribution in [0.5, 0.6) is 0 Å². The van der Waals surface area contributed by atoms with Crippen LogP contribution in [0.4, 0.5) is 0 Å². The van der Waals surface area contributed by atoms with Crippen molar-refractivity contribution in [3.63, 3.8) is 0 Å². The van der Waals surface area contributed by atoms with Crippen LogP contribution in [0.25, 0.3) is 0 Å². The number of nitrogens with one attached hydrogen (secondary N) is 1. The number of nitrogens with zero attached hydrogens (tertiary/aromatic N) is 2. The Kier molecular flexibility index (Phi) is 3.55. The van der Waals surface area contributed by atoms with Crippen LogP contribution in [0.3, 0.4) is 0 Å². The van der Waals surface area contributed by atoms with Crippen LogP contribution >= 0.6 is 11.6 Å². The van der Waals surface area contributed by atoms with Gasteiger partial charge in [0.1, 0.15) is 5.15 Å². The van der Waals surface area contributed by atoms with Gasteiger partial charge in [-0.25, -0.2) is 0 Å². The molecule has 1 saturated carbocycles. The molecule has 2 unspecified atom stereocenters. The Labute approximate surface area is 102 Å². The molecule has 0 bridgehead atoms. The lowest BCUT2D eigenvalue weighted by Crippen LogP contribution is -2.18. The molecule has 0 aliphatic heterocycles. The van der Waals surface area contributed by atoms with Crippen molar-refractivity contribution in [3.05, 3.63) is 16.4 Å². The molecule has 0 radical (unpaired) electrons. The van der Waals surface area contributed by atoms with E-state index in [9.17, 15) is 0 Å². The fraction of sp³-hybridized carbons (Fsp3) is 0.750. The summed E-state index contributed by atoms with van der Waals surface area (Å²) in [6, 6.07) is 0.704. The fourth-order valence-corrected chi connectivity index (χ4v) is 2.54. The molecular formula is C12H20ClN3. The van der Waals surface area contributed by atoms with Gasteiger partial charge >= 0.3 is 0 Å². The molecule has 1 aliphatic rings. The highest BCUT2D eigenvalue weighted by atomic mass is 35.5. The maximum absolute atomic E-state index is 6.18. The van der Waals surface area contributed by atoms with Crippen LogP contribution in [0.2, 0.25) is 5.15 Å². The number of aromatic nitrogens is 2. The second kappa shape index (κ2) is 4.76. The molecule has 1 fully saturated rings. The summed E-state index contributed by atoms with van der Waals surface area (Å²) >= 11 is 6.18. The van der Waals surface area contributed by atoms with Crippen molar-refractivity contribution in [2.45, 2.75) is 45.7 Å². The Morgan fingerprint density at radius 1 is 1.56 bits per heavy atom. The van der Waals surface area contributed by atoms with Crippen LogP contribution in [0.15, 0.2) is 0 Å². The SMILES string of the molecule is CCCC1CC1NCc1c(C)nn(C)c1Cl. The minimum absolute atomic E-state index is 0.704. The molecule has 3 nitrogen and oxygen atoms in total. The second-order valence-corrected chi connectivity index (χ2v) is 5.11. The first-order valence-corrected chi connectivity index (χ1v) is 6.42. The number of aryl methyl sites for hydroxylation is 2. The van der Waals surface area contributed by atoms with Crippen LogP contribution in [-0.2, 0) is 13.6 Å². The first kappa shape index (κ1) is 11.9. The van der Waals surface area contributed by atoms with E-state index in [0.29, 0.717) is 6.04 Å². The molecule has 2 atom stereocenters. The van der Waals surface area contributed by atoms with Gasteiger partial charge in [-0.3, -0.25) is 4.68 Å². The van der Waals surface area contributed by atoms with Crippen LogP contribution in [0, 0.1) is 12.8 Å². The zero-order valence-corrected chi connectivity index (χ0v) is 11.0. The average Bonchev–Trinajstić information content (AvgIpc) is 2.91. The van der Waals surface area contributed by atoms with E-state index < -0.39 is 0 Å². The largest absolute Gasteiger partial charge is 0.309 e. The lowest BCUT2D eigenvalue weighted by molar-refractivity contribution is 0.598. The second-order valence-electron chi connectivity index (χ2n) is 4.75. The summed E-state index contributed by atoms with van der Waals surface area (Å²) in [6.07, 6.45) is 3.96. The number of halogens is 1. The molecule has 4 heteroatoms. The summed E-state index contributed by atoms with van der Waals surface area (Å²) in [7, 11) is 1.88. The average molecular weight is 242 g/mol. The molecule has 0 amide bonds. The Morgan fingerprint density at radius 3 is 2.88 bits per heavy atom. The summed E-state index contributed by atoms with van der Waals surface area (Å²) in [6.45, 7) is 5.11. The predicted molar refractivity (Wildman–Crippen MR) is 66.6 cm³/mol. The fourth-order valence-electron chi connectivity index (χ4n) is 2.30. The van der Waals surface area contributed by atoms with Crippen LogP contribution in [0.1, 0.15) is 37.4 Å². The third-order valence-corrected chi connectivity index (χ3v) is 3.87. The number of hydrogen-bond acceptors (Lipinski definition) is 2. The van der Waals surface area contributed by atoms with E-state index in [2.05, 4.69) is 17.3 Å². The van der Waals surface area contributed by atoms with Crippen LogP contribution in [-0.4, -0.2) is 15.8 Å². The Balaban J connectivity index is 1.86. The van der Waals surface area contributed by atoms with Gasteiger partial charge in [0, 0.05) is 25.2 Å². The van der Waals surface area contributed by atoms with Crippen molar-refractivity contribution in [2.75, 3.05) is 0 Å². The van der Waals surface area contributed by atoms with Gasteiger partial charge in [-0.2, -0.15) is 5.10 Å². The van der Waals surface area contributed by atoms with E-state index in [4.69, 9.17) is 11.6 Å². The quantitative estimate of drug-likeness (QED) is 0.859. The molecule has 1 aromatic heterocycles. The third-order valence-electron chi connectivity index (χ3n) is 3.39. The Hall–Kier alpha value is -0.540. The van der Waals surface area contributed by atoms with E-state index in [0.717, 1.165) is 28.9 Å². The van der Waals surface area contributed by atoms with Gasteiger partial charge in [-0.15, -0.1) is 0 Å². The molecule has 1 aromatic rings. The summed E-state index contributed by atoms with van der Waals surface area (Å²) in [5, 5.41) is 8.64. The molecule has 0 spiro atoms. The molecular weight excluding hydrogens is 222 g/mol. The first-order valence-electron chi connectivity index (χ1n) is 6.04. The molecule has 1 aliphatic carbocycles. The van der Waals surface area contributed by atoms with Gasteiger partial charge in [0.15, 0.2) is 0 Å². The lowest BCUT2D eigenvalue weighted by Gasteiger charge is -2.03. The minimum atomic E-state index is 0.704. The lowest BCUT2D eigenvalue weighted by atomic mass is 10.2. The molecule has 1 heterocycles. The van der Waals surface area contributed by atoms with Crippen molar-refractivity contribution in [1.29, 1.82) is 0 Å². The van der Waals surface area contributed by atoms with Gasteiger partial charge in [0.05, 0.1) is 5.69 Å². The van der Waals surface area contributed by atoms with Gasteiger partial charge in [0.25, 0.3) is 0 Å². The smallest absolute Gasteiger partial charge is 0.131 e. The summed E-state index contributed by atoms with van der Waals surface area (Å²) in [4.78, 5) is 0. The zero-order chi connectivity index (χ0) is 11.7. The summed E-state index contributed by atoms with van der Waals surface area (Å²) in [5.41, 5.74) is 2.18. The maximum atomic E-state index is 6.18. The van der Waals surface area contributed by atoms with Crippen LogP contribution < -0.4 is 5.32 Å². The minimum Gasteiger partial charge on any atom is -0.309 e. The highest BCUT2D eigenvalue weighted by molar-refractivity contribution is 6.30. The molecule has 90 valence electrons. The van der Waals surface area contributed by atoms with E-state index in [1.54, 1.807) is 4.68 Å². The molecule has 1 N–H and O–H groups in total. The van der Waals surface area contributed by atoms with Crippen molar-refractivity contribution < 1.29 is 0 Å². The standard InChI is InChI=1S/C12H20ClN3/c1-4-5-9-6-11(9)14-7-10-8(2)15-16(3)12(10)13/h9,11,14H,4-7H2,1-3H3. The normalized spacial score (nSPS) is 23.8. The van der Waals surface area contributed by atoms with E-state index in [1.165, 1.54) is 19.3 Å². The number of rotatable bonds is 5. The van der Waals surface area contributed by atoms with Gasteiger partial charge in [-0.05, 0) is 25.7 Å². The van der Waals surface area contributed by atoms with Gasteiger partial charge in [-0.1, -0.05) is 24.9 Å². The highest BCUT2D eigenvalue weighted by Crippen LogP contribution is 2.35. The monoisotopic (exact) mass is 241 g/mol. The Morgan fingerprint density at radius 2 is 2.31 bits per heavy atom. The summed E-state index contributed by atoms with van der Waals surface area (Å²) < 4.78 is 1.74. The van der Waals surface area contributed by atoms with E-state index in [1.807, 2.05) is 14.0 Å². The summed E-state index contributed by atoms with van der Waals surface area (Å²) in [5.74, 6) is 0.890. The Bertz CT molecular complexity index is 373. The van der Waals surface area contributed by atoms with E-state index in [-0.39, 0.29) is 0 Å². The zero-order valence-electron chi connectivity index (χ0n) is 10.3. The topological polar surface area (TPSA) is 29.9 Å². The third kappa shape index (κ3) is 2.41. The molecule has 16 heavy (non-hydrogen) atoms. The van der Waals surface area contributed by atoms with Crippen molar-refractivity contribution >= 4 is 11.6 Å². The first-order chi connectivity index (χ1) is 7.63. The molecule has 0 saturated heterocycles. The van der Waals surface area contributed by atoms with Gasteiger partial charge < -0.3 is 5.32 Å². The van der Waals surface area contributed by atoms with Crippen molar-refractivity contribution in [2.24, 2.45) is 13.0 Å². The van der Waals surface area contributed by atoms with E-state index >= 15 is 0 Å². The molecule has 2 rings (SSSR count). The van der Waals surface area contributed by atoms with Gasteiger partial charge in [0.2, 0.25) is 0 Å².